The Kier molecular flexibility index (Phi) is 5.88. The zero-order valence-electron chi connectivity index (χ0n) is 11.9. The maximum absolute atomic E-state index is 2.39. The van der Waals surface area contributed by atoms with E-state index < -0.39 is 0 Å². The van der Waals surface area contributed by atoms with Gasteiger partial charge in [-0.1, -0.05) is 90.4 Å². The van der Waals surface area contributed by atoms with Gasteiger partial charge in [0.1, 0.15) is 0 Å². The highest BCUT2D eigenvalue weighted by Gasteiger charge is 2.24. The lowest BCUT2D eigenvalue weighted by atomic mass is 9.76. The molecule has 0 aromatic heterocycles. The highest BCUT2D eigenvalue weighted by atomic mass is 14.3. The van der Waals surface area contributed by atoms with Crippen molar-refractivity contribution in [3.8, 4) is 0 Å². The number of hydrogen-bond donors (Lipinski definition) is 0. The van der Waals surface area contributed by atoms with E-state index in [1.165, 1.54) is 57.8 Å². The van der Waals surface area contributed by atoms with Crippen LogP contribution >= 0.6 is 0 Å². The molecule has 0 heteroatoms. The van der Waals surface area contributed by atoms with Crippen LogP contribution < -0.4 is 0 Å². The fourth-order valence-electron chi connectivity index (χ4n) is 4.28. The molecule has 0 saturated heterocycles. The Balaban J connectivity index is 1.81. The van der Waals surface area contributed by atoms with Crippen LogP contribution in [0.15, 0.2) is 0 Å². The van der Waals surface area contributed by atoms with Crippen molar-refractivity contribution < 1.29 is 0 Å². The first-order valence-electron chi connectivity index (χ1n) is 8.40. The summed E-state index contributed by atoms with van der Waals surface area (Å²) in [7, 11) is 0. The molecule has 17 heavy (non-hydrogen) atoms. The quantitative estimate of drug-likeness (QED) is 0.555. The van der Waals surface area contributed by atoms with Crippen molar-refractivity contribution in [2.45, 2.75) is 90.4 Å². The monoisotopic (exact) mass is 236 g/mol. The molecule has 2 unspecified atom stereocenters. The molecule has 0 aromatic rings. The lowest BCUT2D eigenvalue weighted by molar-refractivity contribution is 0.218. The van der Waals surface area contributed by atoms with Gasteiger partial charge in [0.2, 0.25) is 0 Å². The van der Waals surface area contributed by atoms with Crippen LogP contribution in [0.1, 0.15) is 90.4 Å². The summed E-state index contributed by atoms with van der Waals surface area (Å²) in [5, 5.41) is 0. The molecular weight excluding hydrogens is 204 g/mol. The predicted octanol–water partition coefficient (Wildman–Crippen LogP) is 5.95. The average Bonchev–Trinajstić information content (AvgIpc) is 2.51. The Labute approximate surface area is 109 Å². The van der Waals surface area contributed by atoms with E-state index in [9.17, 15) is 0 Å². The minimum atomic E-state index is 1.06. The van der Waals surface area contributed by atoms with E-state index in [1.807, 2.05) is 0 Å². The second-order valence-corrected chi connectivity index (χ2v) is 6.65. The summed E-state index contributed by atoms with van der Waals surface area (Å²) in [5.74, 6) is 3.27. The third-order valence-corrected chi connectivity index (χ3v) is 5.52. The Bertz CT molecular complexity index is 190. The molecule has 2 saturated carbocycles. The van der Waals surface area contributed by atoms with E-state index >= 15 is 0 Å². The number of hydrogen-bond acceptors (Lipinski definition) is 0. The van der Waals surface area contributed by atoms with Crippen LogP contribution in [0.4, 0.5) is 0 Å². The van der Waals surface area contributed by atoms with Crippen molar-refractivity contribution >= 4 is 0 Å². The second kappa shape index (κ2) is 7.44. The summed E-state index contributed by atoms with van der Waals surface area (Å²) in [5.41, 5.74) is 0. The molecule has 2 rings (SSSR count). The molecule has 0 radical (unpaired) electrons. The zero-order valence-corrected chi connectivity index (χ0v) is 11.9. The summed E-state index contributed by atoms with van der Waals surface area (Å²) in [6.45, 7) is 2.39. The van der Waals surface area contributed by atoms with Crippen LogP contribution in [-0.4, -0.2) is 0 Å². The molecule has 2 fully saturated rings. The van der Waals surface area contributed by atoms with Gasteiger partial charge in [0.25, 0.3) is 0 Å². The highest BCUT2D eigenvalue weighted by molar-refractivity contribution is 4.76. The van der Waals surface area contributed by atoms with Gasteiger partial charge in [-0.25, -0.2) is 0 Å². The van der Waals surface area contributed by atoms with Crippen molar-refractivity contribution in [3.05, 3.63) is 0 Å². The van der Waals surface area contributed by atoms with Crippen molar-refractivity contribution in [1.82, 2.24) is 0 Å². The maximum atomic E-state index is 2.39. The zero-order chi connectivity index (χ0) is 11.9. The Hall–Kier alpha value is 0. The van der Waals surface area contributed by atoms with E-state index in [4.69, 9.17) is 0 Å². The summed E-state index contributed by atoms with van der Waals surface area (Å²) in [6, 6.07) is 0. The summed E-state index contributed by atoms with van der Waals surface area (Å²) in [4.78, 5) is 0. The van der Waals surface area contributed by atoms with Gasteiger partial charge in [0.05, 0.1) is 0 Å². The molecule has 0 aromatic carbocycles. The van der Waals surface area contributed by atoms with Crippen LogP contribution in [0.5, 0.6) is 0 Å². The molecule has 0 bridgehead atoms. The molecule has 0 spiro atoms. The van der Waals surface area contributed by atoms with Crippen LogP contribution in [0.2, 0.25) is 0 Å². The summed E-state index contributed by atoms with van der Waals surface area (Å²) >= 11 is 0. The first-order valence-corrected chi connectivity index (χ1v) is 8.40. The van der Waals surface area contributed by atoms with Crippen molar-refractivity contribution in [2.24, 2.45) is 17.8 Å². The molecule has 2 atom stereocenters. The van der Waals surface area contributed by atoms with E-state index in [0.29, 0.717) is 0 Å². The Morgan fingerprint density at radius 3 is 1.71 bits per heavy atom. The Morgan fingerprint density at radius 2 is 1.06 bits per heavy atom. The first kappa shape index (κ1) is 13.4. The van der Waals surface area contributed by atoms with Gasteiger partial charge in [0.15, 0.2) is 0 Å². The van der Waals surface area contributed by atoms with Crippen LogP contribution in [-0.2, 0) is 0 Å². The normalized spacial score (nSPS) is 33.7. The molecule has 2 aliphatic rings. The standard InChI is InChI=1S/C17H32/c1-2-15-9-6-7-13-17(14-8-10-15)16-11-4-3-5-12-16/h15-17H,2-14H2,1H3. The van der Waals surface area contributed by atoms with Crippen molar-refractivity contribution in [2.75, 3.05) is 0 Å². The van der Waals surface area contributed by atoms with Gasteiger partial charge in [0, 0.05) is 0 Å². The minimum absolute atomic E-state index is 1.06. The molecule has 0 N–H and O–H groups in total. The predicted molar refractivity (Wildman–Crippen MR) is 76.2 cm³/mol. The van der Waals surface area contributed by atoms with Crippen LogP contribution in [0.25, 0.3) is 0 Å². The van der Waals surface area contributed by atoms with Gasteiger partial charge in [-0.3, -0.25) is 0 Å². The summed E-state index contributed by atoms with van der Waals surface area (Å²) < 4.78 is 0. The fraction of sp³-hybridized carbons (Fsp3) is 1.00. The SMILES string of the molecule is CCC1CCCCC(C2CCCCC2)CCC1. The topological polar surface area (TPSA) is 0 Å². The molecule has 0 amide bonds. The van der Waals surface area contributed by atoms with Gasteiger partial charge in [-0.05, 0) is 17.8 Å². The van der Waals surface area contributed by atoms with Crippen LogP contribution in [0.3, 0.4) is 0 Å². The minimum Gasteiger partial charge on any atom is -0.0651 e. The molecule has 2 aliphatic carbocycles. The first-order chi connectivity index (χ1) is 8.40. The van der Waals surface area contributed by atoms with Gasteiger partial charge < -0.3 is 0 Å². The molecule has 0 nitrogen and oxygen atoms in total. The molecule has 100 valence electrons. The average molecular weight is 236 g/mol. The lowest BCUT2D eigenvalue weighted by Gasteiger charge is -2.30. The third kappa shape index (κ3) is 4.30. The smallest absolute Gasteiger partial charge is 0.0386 e. The molecule has 0 aliphatic heterocycles. The van der Waals surface area contributed by atoms with Crippen molar-refractivity contribution in [1.29, 1.82) is 0 Å². The van der Waals surface area contributed by atoms with E-state index in [0.717, 1.165) is 17.8 Å². The van der Waals surface area contributed by atoms with Gasteiger partial charge in [-0.15, -0.1) is 0 Å². The van der Waals surface area contributed by atoms with Gasteiger partial charge in [-0.2, -0.15) is 0 Å². The summed E-state index contributed by atoms with van der Waals surface area (Å²) in [6.07, 6.45) is 19.8. The highest BCUT2D eigenvalue weighted by Crippen LogP contribution is 2.37. The largest absolute Gasteiger partial charge is 0.0651 e. The fourth-order valence-corrected chi connectivity index (χ4v) is 4.28. The van der Waals surface area contributed by atoms with Crippen molar-refractivity contribution in [3.63, 3.8) is 0 Å². The lowest BCUT2D eigenvalue weighted by Crippen LogP contribution is -2.18. The molecular formula is C17H32. The Morgan fingerprint density at radius 1 is 0.588 bits per heavy atom. The maximum Gasteiger partial charge on any atom is -0.0386 e. The van der Waals surface area contributed by atoms with E-state index in [1.54, 1.807) is 25.7 Å². The van der Waals surface area contributed by atoms with E-state index in [2.05, 4.69) is 6.92 Å². The molecule has 0 heterocycles. The third-order valence-electron chi connectivity index (χ3n) is 5.52. The van der Waals surface area contributed by atoms with E-state index in [-0.39, 0.29) is 0 Å². The number of rotatable bonds is 2. The van der Waals surface area contributed by atoms with Crippen LogP contribution in [0, 0.1) is 17.8 Å². The van der Waals surface area contributed by atoms with Gasteiger partial charge >= 0.3 is 0 Å². The second-order valence-electron chi connectivity index (χ2n) is 6.65.